The van der Waals surface area contributed by atoms with Gasteiger partial charge in [-0.2, -0.15) is 0 Å². The van der Waals surface area contributed by atoms with Crippen molar-refractivity contribution in [2.45, 2.75) is 26.4 Å². The van der Waals surface area contributed by atoms with Crippen molar-refractivity contribution in [1.29, 1.82) is 0 Å². The maximum atomic E-state index is 9.64. The van der Waals surface area contributed by atoms with Crippen molar-refractivity contribution in [2.24, 2.45) is 0 Å². The van der Waals surface area contributed by atoms with Crippen LogP contribution in [0.4, 0.5) is 0 Å². The first-order chi connectivity index (χ1) is 8.68. The smallest absolute Gasteiger partial charge is 0.125 e. The van der Waals surface area contributed by atoms with Crippen LogP contribution in [0.2, 0.25) is 0 Å². The first-order valence-corrected chi connectivity index (χ1v) is 6.85. The summed E-state index contributed by atoms with van der Waals surface area (Å²) in [5.41, 5.74) is 3.76. The van der Waals surface area contributed by atoms with Crippen LogP contribution in [-0.2, 0) is 6.42 Å². The molecule has 0 aliphatic heterocycles. The highest BCUT2D eigenvalue weighted by Gasteiger charge is 2.08. The van der Waals surface area contributed by atoms with E-state index in [4.69, 9.17) is 4.74 Å². The summed E-state index contributed by atoms with van der Waals surface area (Å²) >= 11 is 1.65. The molecular formula is C14H17NO2S. The minimum absolute atomic E-state index is 0.508. The summed E-state index contributed by atoms with van der Waals surface area (Å²) in [7, 11) is 0. The van der Waals surface area contributed by atoms with Crippen LogP contribution < -0.4 is 4.74 Å². The van der Waals surface area contributed by atoms with Crippen molar-refractivity contribution in [1.82, 2.24) is 4.98 Å². The fourth-order valence-electron chi connectivity index (χ4n) is 1.78. The third-order valence-corrected chi connectivity index (χ3v) is 3.80. The molecule has 1 aromatic heterocycles. The Morgan fingerprint density at radius 3 is 2.83 bits per heavy atom. The molecule has 1 atom stereocenters. The molecule has 1 N–H and O–H groups in total. The molecule has 1 aromatic carbocycles. The van der Waals surface area contributed by atoms with Crippen molar-refractivity contribution >= 4 is 11.3 Å². The van der Waals surface area contributed by atoms with Crippen LogP contribution in [0.15, 0.2) is 29.8 Å². The van der Waals surface area contributed by atoms with Crippen LogP contribution in [-0.4, -0.2) is 16.7 Å². The van der Waals surface area contributed by atoms with E-state index in [1.54, 1.807) is 18.3 Å². The molecule has 2 rings (SSSR count). The summed E-state index contributed by atoms with van der Waals surface area (Å²) in [6, 6.07) is 7.60. The highest BCUT2D eigenvalue weighted by atomic mass is 32.1. The molecule has 96 valence electrons. The van der Waals surface area contributed by atoms with E-state index in [2.05, 4.69) is 4.98 Å². The van der Waals surface area contributed by atoms with Gasteiger partial charge >= 0.3 is 0 Å². The van der Waals surface area contributed by atoms with E-state index >= 15 is 0 Å². The van der Waals surface area contributed by atoms with Gasteiger partial charge in [-0.05, 0) is 19.9 Å². The number of para-hydroxylation sites is 1. The van der Waals surface area contributed by atoms with E-state index in [9.17, 15) is 5.11 Å². The second kappa shape index (κ2) is 5.98. The van der Waals surface area contributed by atoms with Gasteiger partial charge in [0.05, 0.1) is 23.9 Å². The topological polar surface area (TPSA) is 42.4 Å². The number of hydrogen-bond acceptors (Lipinski definition) is 4. The quantitative estimate of drug-likeness (QED) is 0.901. The van der Waals surface area contributed by atoms with Crippen molar-refractivity contribution < 1.29 is 9.84 Å². The van der Waals surface area contributed by atoms with Crippen molar-refractivity contribution in [3.05, 3.63) is 45.9 Å². The van der Waals surface area contributed by atoms with E-state index in [1.807, 2.05) is 36.7 Å². The molecule has 0 amide bonds. The standard InChI is InChI=1S/C14H17NO2S/c1-10-14(18-9-15-10)7-8-17-13-6-4-3-5-12(13)11(2)16/h3-6,9,11,16H,7-8H2,1-2H3/t11-/m1/s1. The number of thiazole rings is 1. The Hall–Kier alpha value is -1.39. The molecule has 0 unspecified atom stereocenters. The van der Waals surface area contributed by atoms with Crippen molar-refractivity contribution in [3.63, 3.8) is 0 Å². The molecule has 0 bridgehead atoms. The number of benzene rings is 1. The Morgan fingerprint density at radius 1 is 1.39 bits per heavy atom. The molecule has 0 aliphatic carbocycles. The van der Waals surface area contributed by atoms with Crippen LogP contribution in [0, 0.1) is 6.92 Å². The molecule has 3 nitrogen and oxygen atoms in total. The van der Waals surface area contributed by atoms with Crippen LogP contribution >= 0.6 is 11.3 Å². The summed E-state index contributed by atoms with van der Waals surface area (Å²) in [4.78, 5) is 5.47. The molecular weight excluding hydrogens is 246 g/mol. The predicted octanol–water partition coefficient (Wildman–Crippen LogP) is 3.13. The number of nitrogens with zero attached hydrogens (tertiary/aromatic N) is 1. The number of ether oxygens (including phenoxy) is 1. The molecule has 0 spiro atoms. The Bertz CT molecular complexity index is 508. The van der Waals surface area contributed by atoms with Gasteiger partial charge in [0.25, 0.3) is 0 Å². The average Bonchev–Trinajstić information content (AvgIpc) is 2.76. The maximum Gasteiger partial charge on any atom is 0.125 e. The Balaban J connectivity index is 1.96. The SMILES string of the molecule is Cc1ncsc1CCOc1ccccc1[C@@H](C)O. The average molecular weight is 263 g/mol. The second-order valence-corrected chi connectivity index (χ2v) is 5.11. The van der Waals surface area contributed by atoms with Gasteiger partial charge in [0.2, 0.25) is 0 Å². The lowest BCUT2D eigenvalue weighted by Crippen LogP contribution is -2.04. The Morgan fingerprint density at radius 2 is 2.17 bits per heavy atom. The third-order valence-electron chi connectivity index (χ3n) is 2.80. The fourth-order valence-corrected chi connectivity index (χ4v) is 2.54. The molecule has 0 saturated carbocycles. The zero-order valence-corrected chi connectivity index (χ0v) is 11.4. The van der Waals surface area contributed by atoms with E-state index in [1.165, 1.54) is 4.88 Å². The lowest BCUT2D eigenvalue weighted by Gasteiger charge is -2.12. The summed E-state index contributed by atoms with van der Waals surface area (Å²) in [5.74, 6) is 0.759. The molecule has 4 heteroatoms. The first kappa shape index (κ1) is 13.1. The lowest BCUT2D eigenvalue weighted by molar-refractivity contribution is 0.191. The summed E-state index contributed by atoms with van der Waals surface area (Å²) in [6.45, 7) is 4.36. The Labute approximate surface area is 111 Å². The van der Waals surface area contributed by atoms with Gasteiger partial charge in [-0.3, -0.25) is 0 Å². The van der Waals surface area contributed by atoms with Crippen LogP contribution in [0.1, 0.15) is 29.2 Å². The Kier molecular flexibility index (Phi) is 4.33. The van der Waals surface area contributed by atoms with Gasteiger partial charge in [0, 0.05) is 16.9 Å². The highest BCUT2D eigenvalue weighted by Crippen LogP contribution is 2.24. The summed E-state index contributed by atoms with van der Waals surface area (Å²) < 4.78 is 5.75. The van der Waals surface area contributed by atoms with E-state index in [0.717, 1.165) is 23.4 Å². The zero-order valence-electron chi connectivity index (χ0n) is 10.6. The van der Waals surface area contributed by atoms with Gasteiger partial charge in [0.1, 0.15) is 5.75 Å². The molecule has 18 heavy (non-hydrogen) atoms. The number of aliphatic hydroxyl groups excluding tert-OH is 1. The minimum Gasteiger partial charge on any atom is -0.493 e. The maximum absolute atomic E-state index is 9.64. The molecule has 1 heterocycles. The lowest BCUT2D eigenvalue weighted by atomic mass is 10.1. The number of rotatable bonds is 5. The predicted molar refractivity (Wildman–Crippen MR) is 73.1 cm³/mol. The van der Waals surface area contributed by atoms with Crippen molar-refractivity contribution in [3.8, 4) is 5.75 Å². The van der Waals surface area contributed by atoms with Crippen LogP contribution in [0.3, 0.4) is 0 Å². The number of aryl methyl sites for hydroxylation is 1. The van der Waals surface area contributed by atoms with Gasteiger partial charge in [-0.15, -0.1) is 11.3 Å². The number of hydrogen-bond donors (Lipinski definition) is 1. The van der Waals surface area contributed by atoms with Crippen LogP contribution in [0.5, 0.6) is 5.75 Å². The molecule has 2 aromatic rings. The highest BCUT2D eigenvalue weighted by molar-refractivity contribution is 7.09. The van der Waals surface area contributed by atoms with E-state index in [0.29, 0.717) is 6.61 Å². The first-order valence-electron chi connectivity index (χ1n) is 5.97. The minimum atomic E-state index is -0.508. The van der Waals surface area contributed by atoms with Gasteiger partial charge in [0.15, 0.2) is 0 Å². The van der Waals surface area contributed by atoms with Crippen molar-refractivity contribution in [2.75, 3.05) is 6.61 Å². The monoisotopic (exact) mass is 263 g/mol. The largest absolute Gasteiger partial charge is 0.493 e. The summed E-state index contributed by atoms with van der Waals surface area (Å²) in [5, 5.41) is 9.64. The fraction of sp³-hybridized carbons (Fsp3) is 0.357. The zero-order chi connectivity index (χ0) is 13.0. The second-order valence-electron chi connectivity index (χ2n) is 4.17. The number of aromatic nitrogens is 1. The van der Waals surface area contributed by atoms with Gasteiger partial charge in [-0.1, -0.05) is 18.2 Å². The molecule has 0 saturated heterocycles. The van der Waals surface area contributed by atoms with Gasteiger partial charge < -0.3 is 9.84 Å². The van der Waals surface area contributed by atoms with Crippen LogP contribution in [0.25, 0.3) is 0 Å². The number of aliphatic hydroxyl groups is 1. The van der Waals surface area contributed by atoms with E-state index in [-0.39, 0.29) is 0 Å². The van der Waals surface area contributed by atoms with E-state index < -0.39 is 6.10 Å². The third kappa shape index (κ3) is 3.09. The normalized spacial score (nSPS) is 12.4. The molecule has 0 fully saturated rings. The van der Waals surface area contributed by atoms with Gasteiger partial charge in [-0.25, -0.2) is 4.98 Å². The molecule has 0 radical (unpaired) electrons. The molecule has 0 aliphatic rings. The summed E-state index contributed by atoms with van der Waals surface area (Å²) in [6.07, 6.45) is 0.344.